The summed E-state index contributed by atoms with van der Waals surface area (Å²) in [6.07, 6.45) is 6.18. The van der Waals surface area contributed by atoms with Crippen LogP contribution in [-0.4, -0.2) is 51.8 Å². The Hall–Kier alpha value is -2.09. The molecule has 0 aromatic carbocycles. The number of fused-ring (bicyclic) bond motifs is 3. The highest BCUT2D eigenvalue weighted by molar-refractivity contribution is 5.89. The van der Waals surface area contributed by atoms with Crippen molar-refractivity contribution in [2.75, 3.05) is 0 Å². The number of ether oxygens (including phenoxy) is 2. The smallest absolute Gasteiger partial charge is 0.311 e. The van der Waals surface area contributed by atoms with Gasteiger partial charge in [-0.05, 0) is 64.5 Å². The fourth-order valence-corrected chi connectivity index (χ4v) is 5.65. The summed E-state index contributed by atoms with van der Waals surface area (Å²) in [5, 5.41) is 20.8. The first-order valence-electron chi connectivity index (χ1n) is 12.1. The first-order valence-corrected chi connectivity index (χ1v) is 12.1. The van der Waals surface area contributed by atoms with Gasteiger partial charge >= 0.3 is 5.97 Å². The second kappa shape index (κ2) is 9.88. The van der Waals surface area contributed by atoms with Crippen molar-refractivity contribution in [3.05, 3.63) is 35.5 Å². The van der Waals surface area contributed by atoms with E-state index in [1.165, 1.54) is 6.92 Å². The van der Waals surface area contributed by atoms with Crippen LogP contribution >= 0.6 is 0 Å². The van der Waals surface area contributed by atoms with Crippen LogP contribution in [0.15, 0.2) is 35.5 Å². The van der Waals surface area contributed by atoms with Crippen LogP contribution in [0.1, 0.15) is 67.2 Å². The average Bonchev–Trinajstić information content (AvgIpc) is 2.73. The summed E-state index contributed by atoms with van der Waals surface area (Å²) in [6.45, 7) is 10.5. The van der Waals surface area contributed by atoms with Crippen LogP contribution in [0.25, 0.3) is 0 Å². The molecular formula is C27H38O7. The van der Waals surface area contributed by atoms with Crippen molar-refractivity contribution < 1.29 is 34.1 Å². The fraction of sp³-hybridized carbons (Fsp3) is 0.667. The number of ketones is 2. The van der Waals surface area contributed by atoms with E-state index in [0.29, 0.717) is 24.8 Å². The summed E-state index contributed by atoms with van der Waals surface area (Å²) in [5.41, 5.74) is -0.495. The predicted octanol–water partition coefficient (Wildman–Crippen LogP) is 3.44. The normalized spacial score (nSPS) is 37.2. The standard InChI is InChI=1S/C27H38O7/c1-15-12-19-10-11-26(5)27(6,21(29)14-22(30)34-26)23(19)20(13-15)33-25(32)18(4)24(31)16(2)8-7-9-17(3)28/h8,10-12,15,18,20,22-24,30-31H,7,9,13-14H2,1-6H3/b16-8+/t15-,18+,20+,22-,23-,24+,26-,27-/m1/s1. The van der Waals surface area contributed by atoms with Gasteiger partial charge in [0.15, 0.2) is 6.29 Å². The van der Waals surface area contributed by atoms with Crippen LogP contribution in [-0.2, 0) is 23.9 Å². The van der Waals surface area contributed by atoms with Gasteiger partial charge in [-0.3, -0.25) is 9.59 Å². The van der Waals surface area contributed by atoms with Crippen LogP contribution in [0.2, 0.25) is 0 Å². The van der Waals surface area contributed by atoms with Crippen LogP contribution in [0.3, 0.4) is 0 Å². The van der Waals surface area contributed by atoms with Crippen molar-refractivity contribution in [1.82, 2.24) is 0 Å². The van der Waals surface area contributed by atoms with Gasteiger partial charge in [0.05, 0.1) is 29.5 Å². The van der Waals surface area contributed by atoms with Gasteiger partial charge in [0, 0.05) is 12.3 Å². The summed E-state index contributed by atoms with van der Waals surface area (Å²) in [6, 6.07) is 0. The average molecular weight is 475 g/mol. The maximum Gasteiger partial charge on any atom is 0.311 e. The molecule has 7 heteroatoms. The van der Waals surface area contributed by atoms with Crippen LogP contribution in [0.5, 0.6) is 0 Å². The molecule has 0 saturated carbocycles. The minimum atomic E-state index is -1.17. The molecule has 3 aliphatic rings. The molecule has 0 amide bonds. The minimum Gasteiger partial charge on any atom is -0.461 e. The van der Waals surface area contributed by atoms with E-state index in [4.69, 9.17) is 9.47 Å². The Labute approximate surface area is 201 Å². The number of esters is 1. The number of hydrogen-bond donors (Lipinski definition) is 2. The summed E-state index contributed by atoms with van der Waals surface area (Å²) < 4.78 is 11.9. The third-order valence-corrected chi connectivity index (χ3v) is 7.92. The highest BCUT2D eigenvalue weighted by Gasteiger charge is 2.63. The van der Waals surface area contributed by atoms with Crippen molar-refractivity contribution in [3.63, 3.8) is 0 Å². The Morgan fingerprint density at radius 1 is 1.32 bits per heavy atom. The van der Waals surface area contributed by atoms with Crippen molar-refractivity contribution in [1.29, 1.82) is 0 Å². The van der Waals surface area contributed by atoms with Gasteiger partial charge in [0.2, 0.25) is 0 Å². The van der Waals surface area contributed by atoms with E-state index in [-0.39, 0.29) is 23.9 Å². The quantitative estimate of drug-likeness (QED) is 0.430. The first kappa shape index (κ1) is 26.5. The summed E-state index contributed by atoms with van der Waals surface area (Å²) in [4.78, 5) is 37.6. The first-order chi connectivity index (χ1) is 15.8. The molecule has 0 spiro atoms. The van der Waals surface area contributed by atoms with Crippen molar-refractivity contribution in [2.24, 2.45) is 23.2 Å². The molecule has 1 heterocycles. The lowest BCUT2D eigenvalue weighted by Crippen LogP contribution is -2.64. The molecule has 0 radical (unpaired) electrons. The Balaban J connectivity index is 1.84. The molecule has 1 saturated heterocycles. The van der Waals surface area contributed by atoms with Crippen molar-refractivity contribution >= 4 is 17.5 Å². The Kier molecular flexibility index (Phi) is 7.70. The zero-order valence-corrected chi connectivity index (χ0v) is 21.0. The zero-order chi connectivity index (χ0) is 25.4. The van der Waals surface area contributed by atoms with Gasteiger partial charge in [-0.1, -0.05) is 31.2 Å². The number of Topliss-reactive ketones (excluding diaryl/α,β-unsaturated/α-hetero) is 2. The van der Waals surface area contributed by atoms with Gasteiger partial charge in [-0.15, -0.1) is 0 Å². The molecule has 1 fully saturated rings. The molecule has 0 aromatic rings. The molecule has 7 nitrogen and oxygen atoms in total. The summed E-state index contributed by atoms with van der Waals surface area (Å²) >= 11 is 0. The third kappa shape index (κ3) is 4.83. The lowest BCUT2D eigenvalue weighted by Gasteiger charge is -2.56. The number of allylic oxidation sites excluding steroid dienone is 3. The van der Waals surface area contributed by atoms with Gasteiger partial charge in [0.25, 0.3) is 0 Å². The van der Waals surface area contributed by atoms with Gasteiger partial charge < -0.3 is 24.5 Å². The van der Waals surface area contributed by atoms with Gasteiger partial charge in [-0.25, -0.2) is 0 Å². The molecule has 3 rings (SSSR count). The topological polar surface area (TPSA) is 110 Å². The number of aliphatic hydroxyl groups excluding tert-OH is 2. The number of carbonyl (C=O) groups is 3. The van der Waals surface area contributed by atoms with E-state index >= 15 is 0 Å². The zero-order valence-electron chi connectivity index (χ0n) is 21.0. The number of aliphatic hydroxyl groups is 2. The molecule has 1 aliphatic heterocycles. The molecule has 34 heavy (non-hydrogen) atoms. The number of hydrogen-bond acceptors (Lipinski definition) is 7. The predicted molar refractivity (Wildman–Crippen MR) is 126 cm³/mol. The summed E-state index contributed by atoms with van der Waals surface area (Å²) in [5.74, 6) is -1.68. The molecule has 188 valence electrons. The van der Waals surface area contributed by atoms with E-state index in [1.54, 1.807) is 26.8 Å². The maximum absolute atomic E-state index is 13.3. The fourth-order valence-electron chi connectivity index (χ4n) is 5.65. The third-order valence-electron chi connectivity index (χ3n) is 7.92. The van der Waals surface area contributed by atoms with E-state index in [2.05, 4.69) is 6.08 Å². The highest BCUT2D eigenvalue weighted by atomic mass is 16.6. The van der Waals surface area contributed by atoms with Crippen molar-refractivity contribution in [2.45, 2.75) is 91.3 Å². The van der Waals surface area contributed by atoms with E-state index in [1.807, 2.05) is 26.0 Å². The molecule has 2 aliphatic carbocycles. The van der Waals surface area contributed by atoms with E-state index in [0.717, 1.165) is 5.57 Å². The van der Waals surface area contributed by atoms with E-state index in [9.17, 15) is 24.6 Å². The molecule has 2 N–H and O–H groups in total. The lowest BCUT2D eigenvalue weighted by atomic mass is 9.53. The van der Waals surface area contributed by atoms with E-state index < -0.39 is 47.3 Å². The second-order valence-electron chi connectivity index (χ2n) is 10.6. The Morgan fingerprint density at radius 3 is 2.65 bits per heavy atom. The van der Waals surface area contributed by atoms with Crippen LogP contribution < -0.4 is 0 Å². The Bertz CT molecular complexity index is 931. The highest BCUT2D eigenvalue weighted by Crippen LogP contribution is 2.56. The van der Waals surface area contributed by atoms with Gasteiger partial charge in [-0.2, -0.15) is 0 Å². The molecule has 0 aromatic heterocycles. The van der Waals surface area contributed by atoms with Crippen LogP contribution in [0, 0.1) is 23.2 Å². The number of carbonyl (C=O) groups excluding carboxylic acids is 3. The molecule has 0 bridgehead atoms. The van der Waals surface area contributed by atoms with Crippen LogP contribution in [0.4, 0.5) is 0 Å². The number of rotatable bonds is 7. The monoisotopic (exact) mass is 474 g/mol. The largest absolute Gasteiger partial charge is 0.461 e. The molecular weight excluding hydrogens is 436 g/mol. The van der Waals surface area contributed by atoms with Crippen molar-refractivity contribution in [3.8, 4) is 0 Å². The lowest BCUT2D eigenvalue weighted by molar-refractivity contribution is -0.242. The minimum absolute atomic E-state index is 0.0667. The summed E-state index contributed by atoms with van der Waals surface area (Å²) in [7, 11) is 0. The SMILES string of the molecule is CC(=O)CC/C=C(\C)[C@H](O)[C@H](C)C(=O)O[C@H]1C[C@H](C)C=C2C=C[C@@]3(C)O[C@@H](O)CC(=O)[C@]3(C)[C@H]21. The van der Waals surface area contributed by atoms with Gasteiger partial charge in [0.1, 0.15) is 17.7 Å². The molecule has 0 unspecified atom stereocenters. The molecule has 8 atom stereocenters. The second-order valence-corrected chi connectivity index (χ2v) is 10.6. The maximum atomic E-state index is 13.3. The Morgan fingerprint density at radius 2 is 2.00 bits per heavy atom.